The molecule has 0 N–H and O–H groups in total. The predicted octanol–water partition coefficient (Wildman–Crippen LogP) is 1.30. The second-order valence-corrected chi connectivity index (χ2v) is 12.9. The van der Waals surface area contributed by atoms with Crippen LogP contribution in [-0.4, -0.2) is 33.3 Å². The number of carboxylic acid groups (broad SMARTS) is 1. The Morgan fingerprint density at radius 2 is 1.80 bits per heavy atom. The third kappa shape index (κ3) is 7.39. The molecule has 2 fully saturated rings. The average molecular weight is 576 g/mol. The molecule has 2 aliphatic carbocycles. The van der Waals surface area contributed by atoms with Crippen LogP contribution in [0.4, 0.5) is 5.69 Å². The fourth-order valence-corrected chi connectivity index (χ4v) is 6.97. The van der Waals surface area contributed by atoms with Gasteiger partial charge in [-0.15, -0.1) is 16.4 Å². The summed E-state index contributed by atoms with van der Waals surface area (Å²) in [5.41, 5.74) is -0.475. The van der Waals surface area contributed by atoms with Crippen molar-refractivity contribution in [1.82, 2.24) is 9.78 Å². The van der Waals surface area contributed by atoms with Crippen LogP contribution in [0.25, 0.3) is 0 Å². The first kappa shape index (κ1) is 32.4. The van der Waals surface area contributed by atoms with E-state index in [0.717, 1.165) is 69.1 Å². The van der Waals surface area contributed by atoms with Crippen LogP contribution in [0.2, 0.25) is 0 Å². The van der Waals surface area contributed by atoms with E-state index in [9.17, 15) is 19.5 Å². The van der Waals surface area contributed by atoms with Gasteiger partial charge in [0.15, 0.2) is 0 Å². The van der Waals surface area contributed by atoms with E-state index >= 15 is 0 Å². The molecule has 10 heteroatoms. The first-order valence-electron chi connectivity index (χ1n) is 13.8. The van der Waals surface area contributed by atoms with Crippen LogP contribution >= 0.6 is 11.3 Å². The Kier molecular flexibility index (Phi) is 10.7. The van der Waals surface area contributed by atoms with E-state index in [4.69, 9.17) is 4.74 Å². The van der Waals surface area contributed by atoms with Crippen LogP contribution in [0.1, 0.15) is 100 Å². The molecule has 8 nitrogen and oxygen atoms in total. The van der Waals surface area contributed by atoms with E-state index in [1.54, 1.807) is 24.1 Å². The van der Waals surface area contributed by atoms with Gasteiger partial charge in [-0.25, -0.2) is 4.68 Å². The minimum Gasteiger partial charge on any atom is -0.544 e. The van der Waals surface area contributed by atoms with Crippen LogP contribution in [0.3, 0.4) is 0 Å². The zero-order valence-electron chi connectivity index (χ0n) is 24.5. The molecule has 210 valence electrons. The summed E-state index contributed by atoms with van der Waals surface area (Å²) in [6, 6.07) is 4.82. The number of thiophene rings is 1. The van der Waals surface area contributed by atoms with Crippen molar-refractivity contribution < 1.29 is 49.0 Å². The van der Waals surface area contributed by atoms with Crippen molar-refractivity contribution in [3.63, 3.8) is 0 Å². The predicted molar refractivity (Wildman–Crippen MR) is 150 cm³/mol. The number of carbonyl (C=O) groups excluding carboxylic acids is 2. The van der Waals surface area contributed by atoms with E-state index < -0.39 is 11.5 Å². The number of carboxylic acids is 1. The largest absolute Gasteiger partial charge is 1.00 e. The van der Waals surface area contributed by atoms with Crippen molar-refractivity contribution in [3.8, 4) is 17.7 Å². The first-order valence-corrected chi connectivity index (χ1v) is 14.6. The van der Waals surface area contributed by atoms with Crippen LogP contribution in [0.5, 0.6) is 5.88 Å². The van der Waals surface area contributed by atoms with Crippen molar-refractivity contribution in [2.45, 2.75) is 97.1 Å². The Morgan fingerprint density at radius 1 is 1.15 bits per heavy atom. The van der Waals surface area contributed by atoms with Gasteiger partial charge in [0, 0.05) is 31.5 Å². The normalized spacial score (nSPS) is 20.4. The van der Waals surface area contributed by atoms with E-state index in [1.807, 2.05) is 20.8 Å². The van der Waals surface area contributed by atoms with E-state index in [0.29, 0.717) is 16.4 Å². The number of nitrogens with zero attached hydrogens (tertiary/aromatic N) is 3. The Bertz CT molecular complexity index is 1340. The third-order valence-electron chi connectivity index (χ3n) is 7.84. The molecule has 4 rings (SSSR count). The molecule has 0 radical (unpaired) electrons. The molecule has 2 aromatic heterocycles. The molecular weight excluding hydrogens is 537 g/mol. The number of amides is 1. The molecule has 2 saturated carbocycles. The maximum Gasteiger partial charge on any atom is 1.00 e. The molecule has 0 saturated heterocycles. The summed E-state index contributed by atoms with van der Waals surface area (Å²) in [5.74, 6) is 5.50. The zero-order chi connectivity index (χ0) is 28.4. The molecule has 2 aliphatic rings. The summed E-state index contributed by atoms with van der Waals surface area (Å²) < 4.78 is 7.37. The Labute approximate surface area is 262 Å². The minimum atomic E-state index is -1.28. The molecule has 40 heavy (non-hydrogen) atoms. The van der Waals surface area contributed by atoms with Crippen molar-refractivity contribution in [1.29, 1.82) is 0 Å². The van der Waals surface area contributed by atoms with Gasteiger partial charge in [0.1, 0.15) is 6.10 Å². The smallest absolute Gasteiger partial charge is 0.544 e. The fourth-order valence-electron chi connectivity index (χ4n) is 6.14. The van der Waals surface area contributed by atoms with Crippen LogP contribution in [0.15, 0.2) is 23.0 Å². The maximum absolute atomic E-state index is 13.4. The van der Waals surface area contributed by atoms with Gasteiger partial charge in [-0.2, -0.15) is 0 Å². The van der Waals surface area contributed by atoms with Gasteiger partial charge in [0.2, 0.25) is 11.8 Å². The number of aromatic carboxylic acids is 1. The van der Waals surface area contributed by atoms with Crippen molar-refractivity contribution in [2.75, 3.05) is 4.90 Å². The molecule has 0 spiro atoms. The van der Waals surface area contributed by atoms with Crippen molar-refractivity contribution in [3.05, 3.63) is 38.3 Å². The Morgan fingerprint density at radius 3 is 2.35 bits per heavy atom. The zero-order valence-corrected chi connectivity index (χ0v) is 27.4. The number of hydrogen-bond donors (Lipinski definition) is 0. The topological polar surface area (TPSA) is 105 Å². The number of ether oxygens (including phenoxy) is 1. The maximum atomic E-state index is 13.4. The van der Waals surface area contributed by atoms with Crippen LogP contribution in [-0.2, 0) is 11.8 Å². The molecule has 0 bridgehead atoms. The van der Waals surface area contributed by atoms with Gasteiger partial charge >= 0.3 is 29.6 Å². The second kappa shape index (κ2) is 13.2. The van der Waals surface area contributed by atoms with Crippen molar-refractivity contribution >= 4 is 28.9 Å². The first-order chi connectivity index (χ1) is 18.4. The van der Waals surface area contributed by atoms with Gasteiger partial charge in [-0.3, -0.25) is 9.59 Å². The number of carbonyl (C=O) groups is 2. The number of rotatable bonds is 6. The molecule has 0 unspecified atom stereocenters. The SMILES string of the molecule is CC(=O)N(c1cc(C#CC(C)(C)C)sc1C(=O)[O-])C1(C2CCC(Oc3ccc(=O)n(C)n3)CC2)CCCCC1.[Na+]. The molecule has 1 amide bonds. The summed E-state index contributed by atoms with van der Waals surface area (Å²) in [6.45, 7) is 7.54. The van der Waals surface area contributed by atoms with Crippen molar-refractivity contribution in [2.24, 2.45) is 18.4 Å². The third-order valence-corrected chi connectivity index (χ3v) is 8.86. The van der Waals surface area contributed by atoms with Gasteiger partial charge < -0.3 is 19.5 Å². The molecule has 0 atom stereocenters. The molecule has 0 aromatic carbocycles. The van der Waals surface area contributed by atoms with Crippen LogP contribution in [0, 0.1) is 23.2 Å². The monoisotopic (exact) mass is 575 g/mol. The van der Waals surface area contributed by atoms with E-state index in [1.165, 1.54) is 17.7 Å². The quantitative estimate of drug-likeness (QED) is 0.380. The fraction of sp³-hybridized carbons (Fsp3) is 0.600. The summed E-state index contributed by atoms with van der Waals surface area (Å²) in [6.07, 6.45) is 7.99. The van der Waals surface area contributed by atoms with E-state index in [2.05, 4.69) is 16.9 Å². The van der Waals surface area contributed by atoms with Gasteiger partial charge in [-0.1, -0.05) is 31.1 Å². The number of hydrogen-bond acceptors (Lipinski definition) is 7. The molecule has 0 aliphatic heterocycles. The molecular formula is C30H38N3NaO5S. The van der Waals surface area contributed by atoms with Crippen LogP contribution < -0.4 is 49.9 Å². The van der Waals surface area contributed by atoms with E-state index in [-0.39, 0.29) is 63.3 Å². The summed E-state index contributed by atoms with van der Waals surface area (Å²) in [4.78, 5) is 39.8. The standard InChI is InChI=1S/C30H39N3O5S.Na/c1-20(34)33(24-19-23(15-18-29(2,3)4)39-27(24)28(36)37)30(16-7-6-8-17-30)21-9-11-22(12-10-21)38-25-13-14-26(35)32(5)31-25;/h13-14,19,21-22H,6-12,16-17H2,1-5H3,(H,36,37);/q;+1/p-1. The van der Waals surface area contributed by atoms with Gasteiger partial charge in [-0.05, 0) is 71.3 Å². The summed E-state index contributed by atoms with van der Waals surface area (Å²) in [5, 5.41) is 16.5. The Balaban J connectivity index is 0.00000441. The molecule has 2 aromatic rings. The van der Waals surface area contributed by atoms with Gasteiger partial charge in [0.05, 0.1) is 26.9 Å². The minimum absolute atomic E-state index is 0. The average Bonchev–Trinajstić information content (AvgIpc) is 3.29. The second-order valence-electron chi connectivity index (χ2n) is 11.9. The Hall–Kier alpha value is -2.12. The number of aromatic nitrogens is 2. The molecule has 2 heterocycles. The summed E-state index contributed by atoms with van der Waals surface area (Å²) >= 11 is 1.09. The number of anilines is 1. The number of aryl methyl sites for hydroxylation is 1. The summed E-state index contributed by atoms with van der Waals surface area (Å²) in [7, 11) is 1.60. The van der Waals surface area contributed by atoms with Gasteiger partial charge in [0.25, 0.3) is 5.56 Å².